The molecule has 32 heavy (non-hydrogen) atoms. The van der Waals surface area contributed by atoms with Crippen molar-refractivity contribution in [1.82, 2.24) is 0 Å². The third-order valence-corrected chi connectivity index (χ3v) is 8.41. The topological polar surface area (TPSA) is 57.2 Å². The molecular weight excluding hydrogens is 420 g/mol. The van der Waals surface area contributed by atoms with Gasteiger partial charge in [0.15, 0.2) is 0 Å². The van der Waals surface area contributed by atoms with Crippen molar-refractivity contribution in [1.29, 1.82) is 0 Å². The van der Waals surface area contributed by atoms with Crippen LogP contribution >= 0.6 is 0 Å². The van der Waals surface area contributed by atoms with Crippen LogP contribution in [0.3, 0.4) is 0 Å². The van der Waals surface area contributed by atoms with Gasteiger partial charge >= 0.3 is 9.28 Å². The second-order valence-corrected chi connectivity index (χ2v) is 10.6. The average Bonchev–Trinajstić information content (AvgIpc) is 2.83. The molecule has 1 fully saturated rings. The highest BCUT2D eigenvalue weighted by atomic mass is 28.3. The van der Waals surface area contributed by atoms with E-state index in [1.165, 1.54) is 0 Å². The van der Waals surface area contributed by atoms with Crippen molar-refractivity contribution in [2.75, 3.05) is 13.2 Å². The van der Waals surface area contributed by atoms with Gasteiger partial charge in [-0.25, -0.2) is 0 Å². The quantitative estimate of drug-likeness (QED) is 0.447. The summed E-state index contributed by atoms with van der Waals surface area (Å²) in [6.45, 7) is 6.37. The van der Waals surface area contributed by atoms with Gasteiger partial charge in [0.1, 0.15) is 0 Å². The number of ether oxygens (including phenoxy) is 2. The van der Waals surface area contributed by atoms with Gasteiger partial charge in [-0.3, -0.25) is 0 Å². The highest BCUT2D eigenvalue weighted by molar-refractivity contribution is 6.46. The number of hydrogen-bond donors (Lipinski definition) is 1. The van der Waals surface area contributed by atoms with E-state index >= 15 is 0 Å². The lowest BCUT2D eigenvalue weighted by atomic mass is 9.83. The third-order valence-electron chi connectivity index (χ3n) is 6.01. The number of rotatable bonds is 13. The van der Waals surface area contributed by atoms with E-state index in [1.54, 1.807) is 0 Å². The molecule has 0 spiro atoms. The second kappa shape index (κ2) is 13.9. The first-order valence-electron chi connectivity index (χ1n) is 11.9. The van der Waals surface area contributed by atoms with Gasteiger partial charge in [-0.1, -0.05) is 60.7 Å². The van der Waals surface area contributed by atoms with Crippen LogP contribution in [-0.2, 0) is 31.5 Å². The first kappa shape index (κ1) is 25.1. The molecule has 1 aliphatic rings. The summed E-state index contributed by atoms with van der Waals surface area (Å²) in [5.41, 5.74) is 2.25. The fraction of sp³-hybridized carbons (Fsp3) is 0.538. The summed E-state index contributed by atoms with van der Waals surface area (Å²) in [4.78, 5) is 0. The van der Waals surface area contributed by atoms with E-state index in [0.29, 0.717) is 32.3 Å². The maximum Gasteiger partial charge on any atom is 0.351 e. The molecule has 3 rings (SSSR count). The number of benzene rings is 2. The Labute approximate surface area is 194 Å². The molecule has 0 heterocycles. The van der Waals surface area contributed by atoms with Gasteiger partial charge in [-0.2, -0.15) is 0 Å². The third kappa shape index (κ3) is 8.10. The Bertz CT molecular complexity index is 738. The number of aliphatic hydroxyl groups is 1. The molecule has 0 radical (unpaired) electrons. The van der Waals surface area contributed by atoms with E-state index < -0.39 is 15.4 Å². The summed E-state index contributed by atoms with van der Waals surface area (Å²) in [5, 5.41) is 10.5. The molecule has 176 valence electrons. The molecule has 0 bridgehead atoms. The predicted octanol–water partition coefficient (Wildman–Crippen LogP) is 4.54. The Hall–Kier alpha value is -1.54. The Morgan fingerprint density at radius 2 is 1.47 bits per heavy atom. The Morgan fingerprint density at radius 1 is 0.875 bits per heavy atom. The lowest BCUT2D eigenvalue weighted by molar-refractivity contribution is -0.0836. The monoisotopic (exact) mass is 458 g/mol. The molecule has 4 unspecified atom stereocenters. The highest BCUT2D eigenvalue weighted by Crippen LogP contribution is 2.32. The number of hydrogen-bond acceptors (Lipinski definition) is 5. The molecule has 0 aliphatic heterocycles. The molecule has 6 heteroatoms. The van der Waals surface area contributed by atoms with Gasteiger partial charge in [-0.15, -0.1) is 0 Å². The van der Waals surface area contributed by atoms with Crippen molar-refractivity contribution < 1.29 is 23.4 Å². The minimum absolute atomic E-state index is 0.0369. The lowest BCUT2D eigenvalue weighted by Crippen LogP contribution is -2.43. The van der Waals surface area contributed by atoms with Gasteiger partial charge < -0.3 is 23.4 Å². The van der Waals surface area contributed by atoms with Crippen molar-refractivity contribution in [2.24, 2.45) is 5.92 Å². The van der Waals surface area contributed by atoms with E-state index in [-0.39, 0.29) is 11.8 Å². The lowest BCUT2D eigenvalue weighted by Gasteiger charge is -2.36. The normalized spacial score (nSPS) is 22.2. The van der Waals surface area contributed by atoms with Crippen LogP contribution in [0.1, 0.15) is 50.7 Å². The van der Waals surface area contributed by atoms with Crippen LogP contribution in [0.5, 0.6) is 0 Å². The fourth-order valence-corrected chi connectivity index (χ4v) is 6.36. The molecule has 1 aliphatic carbocycles. The average molecular weight is 459 g/mol. The number of aliphatic hydroxyl groups excluding tert-OH is 1. The van der Waals surface area contributed by atoms with Gasteiger partial charge in [0.2, 0.25) is 0 Å². The Kier molecular flexibility index (Phi) is 10.9. The summed E-state index contributed by atoms with van der Waals surface area (Å²) < 4.78 is 24.6. The molecular formula is C26H38O5Si. The van der Waals surface area contributed by atoms with Crippen molar-refractivity contribution in [2.45, 2.75) is 70.7 Å². The highest BCUT2D eigenvalue weighted by Gasteiger charge is 2.35. The summed E-state index contributed by atoms with van der Waals surface area (Å²) in [5.74, 6) is 0.413. The Morgan fingerprint density at radius 3 is 2.06 bits per heavy atom. The van der Waals surface area contributed by atoms with Gasteiger partial charge in [0.05, 0.1) is 31.1 Å². The van der Waals surface area contributed by atoms with Crippen LogP contribution in [0.25, 0.3) is 0 Å². The summed E-state index contributed by atoms with van der Waals surface area (Å²) in [6.07, 6.45) is 2.87. The molecule has 0 saturated heterocycles. The Balaban J connectivity index is 1.60. The first-order chi connectivity index (χ1) is 15.7. The van der Waals surface area contributed by atoms with Crippen LogP contribution in [0.15, 0.2) is 60.7 Å². The minimum Gasteiger partial charge on any atom is -0.395 e. The second-order valence-electron chi connectivity index (χ2n) is 8.43. The minimum atomic E-state index is -1.99. The first-order valence-corrected chi connectivity index (χ1v) is 13.5. The van der Waals surface area contributed by atoms with Crippen LogP contribution in [-0.4, -0.2) is 45.5 Å². The van der Waals surface area contributed by atoms with Crippen LogP contribution < -0.4 is 0 Å². The summed E-state index contributed by atoms with van der Waals surface area (Å²) in [7, 11) is -1.99. The zero-order chi connectivity index (χ0) is 22.6. The molecule has 1 saturated carbocycles. The van der Waals surface area contributed by atoms with Crippen molar-refractivity contribution in [3.8, 4) is 0 Å². The van der Waals surface area contributed by atoms with Crippen LogP contribution in [0.2, 0.25) is 0 Å². The smallest absolute Gasteiger partial charge is 0.351 e. The van der Waals surface area contributed by atoms with Crippen LogP contribution in [0, 0.1) is 5.92 Å². The predicted molar refractivity (Wildman–Crippen MR) is 128 cm³/mol. The molecule has 4 atom stereocenters. The van der Waals surface area contributed by atoms with E-state index in [9.17, 15) is 5.11 Å². The molecule has 5 nitrogen and oxygen atoms in total. The van der Waals surface area contributed by atoms with Gasteiger partial charge in [-0.05, 0) is 56.6 Å². The molecule has 0 aromatic heterocycles. The summed E-state index contributed by atoms with van der Waals surface area (Å²) >= 11 is 0. The van der Waals surface area contributed by atoms with Crippen molar-refractivity contribution in [3.05, 3.63) is 71.8 Å². The molecule has 1 N–H and O–H groups in total. The summed E-state index contributed by atoms with van der Waals surface area (Å²) in [6, 6.07) is 20.4. The largest absolute Gasteiger partial charge is 0.395 e. The molecule has 2 aromatic rings. The fourth-order valence-electron chi connectivity index (χ4n) is 4.32. The van der Waals surface area contributed by atoms with Gasteiger partial charge in [0.25, 0.3) is 0 Å². The van der Waals surface area contributed by atoms with Crippen molar-refractivity contribution in [3.63, 3.8) is 0 Å². The van der Waals surface area contributed by atoms with E-state index in [4.69, 9.17) is 18.3 Å². The zero-order valence-corrected chi connectivity index (χ0v) is 20.6. The maximum atomic E-state index is 10.5. The zero-order valence-electron chi connectivity index (χ0n) is 19.4. The van der Waals surface area contributed by atoms with Crippen LogP contribution in [0.4, 0.5) is 0 Å². The van der Waals surface area contributed by atoms with Crippen molar-refractivity contribution >= 4 is 9.28 Å². The standard InChI is InChI=1S/C26H38O5Si/c1-3-30-32(31-4-2)26(29-20-22-13-9-6-10-14-22)18-23-15-16-24(27)25(17-23)28-19-21-11-7-5-8-12-21/h5-14,23-27,32H,3-4,15-20H2,1-2H3. The van der Waals surface area contributed by atoms with E-state index in [2.05, 4.69) is 24.3 Å². The van der Waals surface area contributed by atoms with Gasteiger partial charge in [0, 0.05) is 13.2 Å². The molecule has 2 aromatic carbocycles. The van der Waals surface area contributed by atoms with E-state index in [1.807, 2.05) is 50.2 Å². The SMILES string of the molecule is CCO[SiH](OCC)C(CC1CCC(O)C(OCc2ccccc2)C1)OCc1ccccc1. The van der Waals surface area contributed by atoms with E-state index in [0.717, 1.165) is 36.8 Å². The molecule has 0 amide bonds. The maximum absolute atomic E-state index is 10.5.